The number of allylic oxidation sites excluding steroid dienone is 1. The van der Waals surface area contributed by atoms with Crippen molar-refractivity contribution in [2.45, 2.75) is 0 Å². The first-order valence-corrected chi connectivity index (χ1v) is 5.39. The van der Waals surface area contributed by atoms with Crippen LogP contribution in [0.3, 0.4) is 0 Å². The summed E-state index contributed by atoms with van der Waals surface area (Å²) in [5.74, 6) is -1.91. The lowest BCUT2D eigenvalue weighted by atomic mass is 10.1. The minimum atomic E-state index is -0.723. The number of hydrogen-bond donors (Lipinski definition) is 0. The van der Waals surface area contributed by atoms with Crippen LogP contribution in [0.2, 0.25) is 0 Å². The molecule has 0 N–H and O–H groups in total. The largest absolute Gasteiger partial charge is 0.289 e. The monoisotopic (exact) mass is 244 g/mol. The Bertz CT molecular complexity index is 589. The lowest BCUT2D eigenvalue weighted by Gasteiger charge is -1.98. The van der Waals surface area contributed by atoms with E-state index < -0.39 is 17.4 Å². The Kier molecular flexibility index (Phi) is 3.63. The number of carbonyl (C=O) groups excluding carboxylic acids is 1. The van der Waals surface area contributed by atoms with E-state index in [-0.39, 0.29) is 5.56 Å². The second-order valence-electron chi connectivity index (χ2n) is 3.73. The summed E-state index contributed by atoms with van der Waals surface area (Å²) >= 11 is 0. The van der Waals surface area contributed by atoms with Gasteiger partial charge in [0.2, 0.25) is 0 Å². The van der Waals surface area contributed by atoms with Crippen molar-refractivity contribution in [3.8, 4) is 0 Å². The number of rotatable bonds is 3. The Morgan fingerprint density at radius 2 is 1.72 bits per heavy atom. The highest BCUT2D eigenvalue weighted by Gasteiger charge is 2.09. The molecule has 18 heavy (non-hydrogen) atoms. The van der Waals surface area contributed by atoms with Gasteiger partial charge in [0.15, 0.2) is 5.78 Å². The van der Waals surface area contributed by atoms with Crippen molar-refractivity contribution in [1.29, 1.82) is 0 Å². The van der Waals surface area contributed by atoms with Crippen LogP contribution in [0.25, 0.3) is 6.08 Å². The first kappa shape index (κ1) is 12.2. The first-order chi connectivity index (χ1) is 8.66. The molecule has 1 nitrogen and oxygen atoms in total. The van der Waals surface area contributed by atoms with Crippen molar-refractivity contribution >= 4 is 11.9 Å². The molecule has 0 aliphatic rings. The predicted molar refractivity (Wildman–Crippen MR) is 66.2 cm³/mol. The minimum absolute atomic E-state index is 0.262. The average molecular weight is 244 g/mol. The first-order valence-electron chi connectivity index (χ1n) is 5.39. The smallest absolute Gasteiger partial charge is 0.188 e. The second-order valence-corrected chi connectivity index (χ2v) is 3.73. The number of halogens is 2. The molecule has 0 unspecified atom stereocenters. The Balaban J connectivity index is 2.22. The van der Waals surface area contributed by atoms with E-state index in [4.69, 9.17) is 0 Å². The highest BCUT2D eigenvalue weighted by molar-refractivity contribution is 6.06. The van der Waals surface area contributed by atoms with E-state index in [9.17, 15) is 13.6 Å². The molecular formula is C15H10F2O. The molecule has 2 rings (SSSR count). The summed E-state index contributed by atoms with van der Waals surface area (Å²) < 4.78 is 26.3. The molecule has 0 heterocycles. The van der Waals surface area contributed by atoms with Gasteiger partial charge in [0.25, 0.3) is 0 Å². The summed E-state index contributed by atoms with van der Waals surface area (Å²) in [7, 11) is 0. The van der Waals surface area contributed by atoms with Crippen molar-refractivity contribution in [3.05, 3.63) is 77.4 Å². The number of hydrogen-bond acceptors (Lipinski definition) is 1. The summed E-state index contributed by atoms with van der Waals surface area (Å²) in [4.78, 5) is 11.7. The van der Waals surface area contributed by atoms with E-state index in [0.29, 0.717) is 0 Å². The molecule has 0 saturated carbocycles. The third-order valence-electron chi connectivity index (χ3n) is 2.42. The van der Waals surface area contributed by atoms with Gasteiger partial charge < -0.3 is 0 Å². The van der Waals surface area contributed by atoms with Gasteiger partial charge >= 0.3 is 0 Å². The molecule has 0 saturated heterocycles. The molecule has 0 fully saturated rings. The molecule has 0 aliphatic carbocycles. The SMILES string of the molecule is O=C(/C=C\c1ccccc1)c1cc(F)ccc1F. The molecule has 0 radical (unpaired) electrons. The maximum Gasteiger partial charge on any atom is 0.188 e. The van der Waals surface area contributed by atoms with Gasteiger partial charge in [-0.2, -0.15) is 0 Å². The summed E-state index contributed by atoms with van der Waals surface area (Å²) in [5.41, 5.74) is 0.560. The molecule has 0 amide bonds. The van der Waals surface area contributed by atoms with Crippen molar-refractivity contribution in [2.24, 2.45) is 0 Å². The van der Waals surface area contributed by atoms with Gasteiger partial charge in [-0.15, -0.1) is 0 Å². The van der Waals surface area contributed by atoms with Crippen LogP contribution in [-0.4, -0.2) is 5.78 Å². The van der Waals surface area contributed by atoms with E-state index in [2.05, 4.69) is 0 Å². The average Bonchev–Trinajstić information content (AvgIpc) is 2.40. The van der Waals surface area contributed by atoms with Crippen molar-refractivity contribution in [3.63, 3.8) is 0 Å². The molecule has 0 bridgehead atoms. The van der Waals surface area contributed by atoms with E-state index in [1.807, 2.05) is 30.3 Å². The van der Waals surface area contributed by atoms with Gasteiger partial charge in [-0.05, 0) is 29.8 Å². The van der Waals surface area contributed by atoms with E-state index >= 15 is 0 Å². The molecular weight excluding hydrogens is 234 g/mol. The van der Waals surface area contributed by atoms with Crippen LogP contribution < -0.4 is 0 Å². The lowest BCUT2D eigenvalue weighted by Crippen LogP contribution is -1.99. The van der Waals surface area contributed by atoms with Crippen molar-refractivity contribution in [1.82, 2.24) is 0 Å². The number of benzene rings is 2. The molecule has 0 atom stereocenters. The van der Waals surface area contributed by atoms with Gasteiger partial charge in [-0.1, -0.05) is 36.4 Å². The Morgan fingerprint density at radius 1 is 1.00 bits per heavy atom. The minimum Gasteiger partial charge on any atom is -0.289 e. The summed E-state index contributed by atoms with van der Waals surface area (Å²) in [6, 6.07) is 11.9. The maximum atomic E-state index is 13.3. The van der Waals surface area contributed by atoms with Gasteiger partial charge in [0.1, 0.15) is 11.6 Å². The Labute approximate surface area is 103 Å². The maximum absolute atomic E-state index is 13.3. The molecule has 0 spiro atoms. The van der Waals surface area contributed by atoms with E-state index in [0.717, 1.165) is 23.8 Å². The van der Waals surface area contributed by atoms with Crippen molar-refractivity contribution < 1.29 is 13.6 Å². The fourth-order valence-corrected chi connectivity index (χ4v) is 1.51. The van der Waals surface area contributed by atoms with Crippen molar-refractivity contribution in [2.75, 3.05) is 0 Å². The topological polar surface area (TPSA) is 17.1 Å². The zero-order chi connectivity index (χ0) is 13.0. The quantitative estimate of drug-likeness (QED) is 0.592. The van der Waals surface area contributed by atoms with Gasteiger partial charge in [0, 0.05) is 0 Å². The molecule has 0 aromatic heterocycles. The van der Waals surface area contributed by atoms with Gasteiger partial charge in [-0.3, -0.25) is 4.79 Å². The van der Waals surface area contributed by atoms with Crippen LogP contribution >= 0.6 is 0 Å². The zero-order valence-electron chi connectivity index (χ0n) is 9.44. The molecule has 2 aromatic carbocycles. The standard InChI is InChI=1S/C15H10F2O/c16-12-7-8-14(17)13(10-12)15(18)9-6-11-4-2-1-3-5-11/h1-10H/b9-6-. The third kappa shape index (κ3) is 2.88. The third-order valence-corrected chi connectivity index (χ3v) is 2.42. The van der Waals surface area contributed by atoms with Crippen LogP contribution in [0.4, 0.5) is 8.78 Å². The summed E-state index contributed by atoms with van der Waals surface area (Å²) in [6.07, 6.45) is 2.79. The second kappa shape index (κ2) is 5.36. The van der Waals surface area contributed by atoms with Gasteiger partial charge in [-0.25, -0.2) is 8.78 Å². The van der Waals surface area contributed by atoms with Gasteiger partial charge in [0.05, 0.1) is 5.56 Å². The fraction of sp³-hybridized carbons (Fsp3) is 0. The highest BCUT2D eigenvalue weighted by atomic mass is 19.1. The number of carbonyl (C=O) groups is 1. The molecule has 90 valence electrons. The summed E-state index contributed by atoms with van der Waals surface area (Å²) in [6.45, 7) is 0. The number of ketones is 1. The van der Waals surface area contributed by atoms with Crippen LogP contribution in [-0.2, 0) is 0 Å². The lowest BCUT2D eigenvalue weighted by molar-refractivity contribution is 0.104. The fourth-order valence-electron chi connectivity index (χ4n) is 1.51. The molecule has 3 heteroatoms. The normalized spacial score (nSPS) is 10.8. The predicted octanol–water partition coefficient (Wildman–Crippen LogP) is 3.86. The van der Waals surface area contributed by atoms with Crippen LogP contribution in [0, 0.1) is 11.6 Å². The Morgan fingerprint density at radius 3 is 2.44 bits per heavy atom. The van der Waals surface area contributed by atoms with Crippen LogP contribution in [0.1, 0.15) is 15.9 Å². The summed E-state index contributed by atoms with van der Waals surface area (Å²) in [5, 5.41) is 0. The molecule has 2 aromatic rings. The van der Waals surface area contributed by atoms with E-state index in [1.54, 1.807) is 6.08 Å². The Hall–Kier alpha value is -2.29. The van der Waals surface area contributed by atoms with E-state index in [1.165, 1.54) is 6.08 Å². The van der Waals surface area contributed by atoms with Crippen LogP contribution in [0.15, 0.2) is 54.6 Å². The highest BCUT2D eigenvalue weighted by Crippen LogP contribution is 2.12. The van der Waals surface area contributed by atoms with Crippen LogP contribution in [0.5, 0.6) is 0 Å². The zero-order valence-corrected chi connectivity index (χ0v) is 9.44. The molecule has 0 aliphatic heterocycles.